The average Bonchev–Trinajstić information content (AvgIpc) is 0. The molecule has 0 fully saturated rings. The van der Waals surface area contributed by atoms with Crippen molar-refractivity contribution in [3.8, 4) is 0 Å². The maximum atomic E-state index is 0. The smallest absolute Gasteiger partial charge is 2.00 e. The van der Waals surface area contributed by atoms with Gasteiger partial charge in [0.25, 0.3) is 0 Å². The van der Waals surface area contributed by atoms with Crippen LogP contribution in [0.1, 0.15) is 0 Å². The molecule has 0 atom stereocenters. The Bertz CT molecular complexity index is 6.00. The molecule has 0 N–H and O–H groups in total. The Labute approximate surface area is 51.6 Å². The molecule has 0 spiro atoms. The average molecular weight is 328 g/mol. The van der Waals surface area contributed by atoms with E-state index < -0.39 is 0 Å². The first-order chi connectivity index (χ1) is 0. The SMILES string of the molecule is [O-2].[O-2].[Pt].[Ru+4]. The standard InChI is InChI=1S/2O.Pt.Ru/q2*-2;;+4. The zero-order valence-electron chi connectivity index (χ0n) is 1.49. The zero-order valence-corrected chi connectivity index (χ0v) is 5.50. The van der Waals surface area contributed by atoms with Crippen molar-refractivity contribution in [2.24, 2.45) is 0 Å². The van der Waals surface area contributed by atoms with Gasteiger partial charge in [-0.2, -0.15) is 0 Å². The molecule has 0 aliphatic rings. The quantitative estimate of drug-likeness (QED) is 0.551. The maximum Gasteiger partial charge on any atom is 4.00 e. The van der Waals surface area contributed by atoms with Crippen LogP contribution in [0.15, 0.2) is 0 Å². The van der Waals surface area contributed by atoms with Gasteiger partial charge in [0.15, 0.2) is 0 Å². The van der Waals surface area contributed by atoms with Gasteiger partial charge in [0, 0.05) is 21.1 Å². The summed E-state index contributed by atoms with van der Waals surface area (Å²) in [7, 11) is 0. The van der Waals surface area contributed by atoms with Gasteiger partial charge in [0.05, 0.1) is 0 Å². The second-order valence-corrected chi connectivity index (χ2v) is 0. The third-order valence-corrected chi connectivity index (χ3v) is 0. The van der Waals surface area contributed by atoms with Gasteiger partial charge in [-0.25, -0.2) is 0 Å². The molecule has 0 aromatic carbocycles. The molecular formula is O2PtRu. The molecule has 0 heterocycles. The monoisotopic (exact) mass is 329 g/mol. The Hall–Kier alpha value is 1.23. The number of hydrogen-bond acceptors (Lipinski definition) is 0. The fraction of sp³-hybridized carbons (Fsp3) is 0. The Morgan fingerprint density at radius 2 is 0.750 bits per heavy atom. The Morgan fingerprint density at radius 1 is 0.750 bits per heavy atom. The van der Waals surface area contributed by atoms with Crippen LogP contribution < -0.4 is 0 Å². The summed E-state index contributed by atoms with van der Waals surface area (Å²) in [5.41, 5.74) is 0. The minimum atomic E-state index is 0. The molecule has 0 aliphatic carbocycles. The molecule has 0 saturated heterocycles. The molecule has 0 radical (unpaired) electrons. The Morgan fingerprint density at radius 3 is 0.750 bits per heavy atom. The molecule has 0 aromatic heterocycles. The predicted octanol–water partition coefficient (Wildman–Crippen LogP) is -0.243. The summed E-state index contributed by atoms with van der Waals surface area (Å²) in [5, 5.41) is 0. The second kappa shape index (κ2) is 29.1. The summed E-state index contributed by atoms with van der Waals surface area (Å²) in [4.78, 5) is 0. The van der Waals surface area contributed by atoms with Crippen LogP contribution in [0.3, 0.4) is 0 Å². The van der Waals surface area contributed by atoms with E-state index in [1.807, 2.05) is 0 Å². The molecule has 30 valence electrons. The van der Waals surface area contributed by atoms with Gasteiger partial charge >= 0.3 is 19.5 Å². The first kappa shape index (κ1) is 61.8. The molecule has 0 aliphatic heterocycles. The van der Waals surface area contributed by atoms with E-state index in [-0.39, 0.29) is 51.5 Å². The van der Waals surface area contributed by atoms with Crippen molar-refractivity contribution >= 4 is 0 Å². The fourth-order valence-electron chi connectivity index (χ4n) is 0. The minimum absolute atomic E-state index is 0. The molecule has 0 rings (SSSR count). The van der Waals surface area contributed by atoms with Gasteiger partial charge in [-0.15, -0.1) is 0 Å². The number of hydrogen-bond donors (Lipinski definition) is 0. The molecule has 0 unspecified atom stereocenters. The van der Waals surface area contributed by atoms with Crippen LogP contribution in [0.4, 0.5) is 0 Å². The van der Waals surface area contributed by atoms with Gasteiger partial charge in [-0.3, -0.25) is 0 Å². The van der Waals surface area contributed by atoms with Crippen molar-refractivity contribution in [2.75, 3.05) is 0 Å². The van der Waals surface area contributed by atoms with E-state index in [0.29, 0.717) is 0 Å². The fourth-order valence-corrected chi connectivity index (χ4v) is 0. The summed E-state index contributed by atoms with van der Waals surface area (Å²) in [5.74, 6) is 0. The first-order valence-electron chi connectivity index (χ1n) is 0. The minimum Gasteiger partial charge on any atom is -2.00 e. The Balaban J connectivity index is 0. The van der Waals surface area contributed by atoms with Crippen molar-refractivity contribution in [3.63, 3.8) is 0 Å². The molecule has 0 saturated carbocycles. The summed E-state index contributed by atoms with van der Waals surface area (Å²) < 4.78 is 0. The largest absolute Gasteiger partial charge is 4.00 e. The van der Waals surface area contributed by atoms with Gasteiger partial charge in [-0.1, -0.05) is 0 Å². The maximum absolute atomic E-state index is 0. The van der Waals surface area contributed by atoms with Crippen LogP contribution in [0, 0.1) is 0 Å². The molecule has 2 nitrogen and oxygen atoms in total. The van der Waals surface area contributed by atoms with Crippen LogP contribution in [0.2, 0.25) is 0 Å². The third kappa shape index (κ3) is 10.6. The zero-order chi connectivity index (χ0) is 0. The molecule has 0 amide bonds. The van der Waals surface area contributed by atoms with Crippen molar-refractivity contribution < 1.29 is 51.5 Å². The van der Waals surface area contributed by atoms with Crippen molar-refractivity contribution in [2.45, 2.75) is 0 Å². The summed E-state index contributed by atoms with van der Waals surface area (Å²) in [6.45, 7) is 0. The van der Waals surface area contributed by atoms with Crippen molar-refractivity contribution in [1.29, 1.82) is 0 Å². The van der Waals surface area contributed by atoms with Gasteiger partial charge < -0.3 is 11.0 Å². The number of rotatable bonds is 0. The summed E-state index contributed by atoms with van der Waals surface area (Å²) >= 11 is 0. The molecule has 4 heavy (non-hydrogen) atoms. The molecule has 0 aromatic rings. The van der Waals surface area contributed by atoms with Gasteiger partial charge in [-0.05, 0) is 0 Å². The molecular weight excluding hydrogens is 328 g/mol. The van der Waals surface area contributed by atoms with Crippen LogP contribution >= 0.6 is 0 Å². The summed E-state index contributed by atoms with van der Waals surface area (Å²) in [6.07, 6.45) is 0. The second-order valence-electron chi connectivity index (χ2n) is 0. The van der Waals surface area contributed by atoms with E-state index in [2.05, 4.69) is 0 Å². The van der Waals surface area contributed by atoms with Crippen LogP contribution in [-0.2, 0) is 51.5 Å². The van der Waals surface area contributed by atoms with Crippen LogP contribution in [0.5, 0.6) is 0 Å². The van der Waals surface area contributed by atoms with Crippen molar-refractivity contribution in [1.82, 2.24) is 0 Å². The van der Waals surface area contributed by atoms with E-state index in [0.717, 1.165) is 0 Å². The summed E-state index contributed by atoms with van der Waals surface area (Å²) in [6, 6.07) is 0. The molecule has 0 bridgehead atoms. The van der Waals surface area contributed by atoms with Gasteiger partial charge in [0.2, 0.25) is 0 Å². The van der Waals surface area contributed by atoms with E-state index in [1.165, 1.54) is 0 Å². The third-order valence-electron chi connectivity index (χ3n) is 0. The van der Waals surface area contributed by atoms with E-state index in [4.69, 9.17) is 0 Å². The van der Waals surface area contributed by atoms with Crippen molar-refractivity contribution in [3.05, 3.63) is 0 Å². The predicted molar refractivity (Wildman–Crippen MR) is 1.37 cm³/mol. The normalized spacial score (nSPS) is 0. The molecule has 4 heteroatoms. The first-order valence-corrected chi connectivity index (χ1v) is 0. The topological polar surface area (TPSA) is 57.0 Å². The van der Waals surface area contributed by atoms with E-state index >= 15 is 0 Å². The van der Waals surface area contributed by atoms with Crippen LogP contribution in [0.25, 0.3) is 0 Å². The van der Waals surface area contributed by atoms with E-state index in [9.17, 15) is 0 Å². The Kier molecular flexibility index (Phi) is 450. The van der Waals surface area contributed by atoms with E-state index in [1.54, 1.807) is 0 Å². The van der Waals surface area contributed by atoms with Gasteiger partial charge in [0.1, 0.15) is 0 Å². The van der Waals surface area contributed by atoms with Crippen LogP contribution in [-0.4, -0.2) is 0 Å².